The van der Waals surface area contributed by atoms with Crippen LogP contribution in [0.3, 0.4) is 0 Å². The van der Waals surface area contributed by atoms with Gasteiger partial charge in [0.15, 0.2) is 0 Å². The molecule has 0 unspecified atom stereocenters. The van der Waals surface area contributed by atoms with Crippen LogP contribution in [-0.2, 0) is 0 Å². The lowest BCUT2D eigenvalue weighted by molar-refractivity contribution is -0.179. The van der Waals surface area contributed by atoms with Gasteiger partial charge in [0.25, 0.3) is 0 Å². The van der Waals surface area contributed by atoms with Gasteiger partial charge in [-0.15, -0.1) is 0 Å². The summed E-state index contributed by atoms with van der Waals surface area (Å²) in [5.74, 6) is -0.0501. The summed E-state index contributed by atoms with van der Waals surface area (Å²) >= 11 is 0. The Kier molecular flexibility index (Phi) is 4.22. The van der Waals surface area contributed by atoms with Crippen molar-refractivity contribution in [3.8, 4) is 11.8 Å². The number of ether oxygens (including phenoxy) is 1. The van der Waals surface area contributed by atoms with Gasteiger partial charge in [-0.05, 0) is 42.5 Å². The Bertz CT molecular complexity index is 790. The molecule has 7 heteroatoms. The standard InChI is InChI=1S/C17H16F3N3O/c1-24-14-2-3-15-11(9-14)8-13(10-21)22-16(15)23-6-4-12(5-7-23)17(18,19)20/h2-3,8-9,12H,4-7H2,1H3. The SMILES string of the molecule is COc1ccc2c(N3CCC(C(F)(F)F)CC3)nc(C#N)cc2c1. The molecule has 1 aromatic carbocycles. The molecule has 4 nitrogen and oxygen atoms in total. The summed E-state index contributed by atoms with van der Waals surface area (Å²) < 4.78 is 43.7. The van der Waals surface area contributed by atoms with E-state index in [0.29, 0.717) is 11.6 Å². The van der Waals surface area contributed by atoms with Crippen molar-refractivity contribution in [1.29, 1.82) is 5.26 Å². The highest BCUT2D eigenvalue weighted by Gasteiger charge is 2.41. The smallest absolute Gasteiger partial charge is 0.391 e. The van der Waals surface area contributed by atoms with Crippen molar-refractivity contribution >= 4 is 16.6 Å². The van der Waals surface area contributed by atoms with Crippen molar-refractivity contribution in [2.75, 3.05) is 25.1 Å². The van der Waals surface area contributed by atoms with Crippen LogP contribution in [0, 0.1) is 17.2 Å². The monoisotopic (exact) mass is 335 g/mol. The zero-order valence-electron chi connectivity index (χ0n) is 13.1. The number of piperidine rings is 1. The number of hydrogen-bond donors (Lipinski definition) is 0. The van der Waals surface area contributed by atoms with E-state index < -0.39 is 12.1 Å². The Labute approximate surface area is 137 Å². The molecule has 0 radical (unpaired) electrons. The largest absolute Gasteiger partial charge is 0.497 e. The molecular weight excluding hydrogens is 319 g/mol. The van der Waals surface area contributed by atoms with Crippen molar-refractivity contribution in [3.05, 3.63) is 30.0 Å². The molecule has 1 fully saturated rings. The molecule has 0 amide bonds. The first-order valence-electron chi connectivity index (χ1n) is 7.63. The number of fused-ring (bicyclic) bond motifs is 1. The van der Waals surface area contributed by atoms with Crippen LogP contribution in [0.1, 0.15) is 18.5 Å². The highest BCUT2D eigenvalue weighted by Crippen LogP contribution is 2.37. The average molecular weight is 335 g/mol. The van der Waals surface area contributed by atoms with Crippen LogP contribution in [-0.4, -0.2) is 31.4 Å². The summed E-state index contributed by atoms with van der Waals surface area (Å²) in [7, 11) is 1.55. The topological polar surface area (TPSA) is 49.1 Å². The zero-order valence-corrected chi connectivity index (χ0v) is 13.1. The Morgan fingerprint density at radius 3 is 2.54 bits per heavy atom. The molecule has 0 spiro atoms. The summed E-state index contributed by atoms with van der Waals surface area (Å²) in [5.41, 5.74) is 0.240. The molecule has 0 aliphatic carbocycles. The van der Waals surface area contributed by atoms with E-state index in [-0.39, 0.29) is 31.6 Å². The fraction of sp³-hybridized carbons (Fsp3) is 0.412. The van der Waals surface area contributed by atoms with E-state index in [1.807, 2.05) is 17.0 Å². The number of anilines is 1. The molecule has 2 heterocycles. The van der Waals surface area contributed by atoms with Gasteiger partial charge in [0.05, 0.1) is 13.0 Å². The first kappa shape index (κ1) is 16.4. The third-order valence-electron chi connectivity index (χ3n) is 4.39. The van der Waals surface area contributed by atoms with Gasteiger partial charge in [-0.1, -0.05) is 0 Å². The van der Waals surface area contributed by atoms with E-state index in [0.717, 1.165) is 10.8 Å². The van der Waals surface area contributed by atoms with Gasteiger partial charge in [0, 0.05) is 18.5 Å². The third-order valence-corrected chi connectivity index (χ3v) is 4.39. The van der Waals surface area contributed by atoms with Crippen molar-refractivity contribution in [2.45, 2.75) is 19.0 Å². The number of nitriles is 1. The van der Waals surface area contributed by atoms with E-state index in [1.54, 1.807) is 25.3 Å². The minimum atomic E-state index is -4.15. The molecular formula is C17H16F3N3O. The van der Waals surface area contributed by atoms with Gasteiger partial charge in [0.1, 0.15) is 23.3 Å². The molecule has 126 valence electrons. The number of methoxy groups -OCH3 is 1. The number of benzene rings is 1. The molecule has 0 atom stereocenters. The van der Waals surface area contributed by atoms with Crippen LogP contribution >= 0.6 is 0 Å². The van der Waals surface area contributed by atoms with Crippen molar-refractivity contribution in [1.82, 2.24) is 4.98 Å². The van der Waals surface area contributed by atoms with Gasteiger partial charge < -0.3 is 9.64 Å². The minimum Gasteiger partial charge on any atom is -0.497 e. The lowest BCUT2D eigenvalue weighted by Gasteiger charge is -2.34. The Morgan fingerprint density at radius 1 is 1.25 bits per heavy atom. The molecule has 24 heavy (non-hydrogen) atoms. The van der Waals surface area contributed by atoms with Crippen LogP contribution in [0.25, 0.3) is 10.8 Å². The first-order valence-corrected chi connectivity index (χ1v) is 7.63. The van der Waals surface area contributed by atoms with Gasteiger partial charge >= 0.3 is 6.18 Å². The summed E-state index contributed by atoms with van der Waals surface area (Å²) in [6, 6.07) is 9.07. The number of halogens is 3. The Balaban J connectivity index is 1.96. The van der Waals surface area contributed by atoms with Gasteiger partial charge in [-0.25, -0.2) is 4.98 Å². The number of nitrogens with zero attached hydrogens (tertiary/aromatic N) is 3. The Hall–Kier alpha value is -2.49. The minimum absolute atomic E-state index is 0.0413. The fourth-order valence-electron chi connectivity index (χ4n) is 3.06. The molecule has 0 bridgehead atoms. The average Bonchev–Trinajstić information content (AvgIpc) is 2.59. The van der Waals surface area contributed by atoms with Crippen molar-refractivity contribution < 1.29 is 17.9 Å². The van der Waals surface area contributed by atoms with Gasteiger partial charge in [-0.2, -0.15) is 18.4 Å². The number of rotatable bonds is 2. The molecule has 1 aliphatic heterocycles. The number of alkyl halides is 3. The number of aromatic nitrogens is 1. The second-order valence-corrected chi connectivity index (χ2v) is 5.83. The highest BCUT2D eigenvalue weighted by atomic mass is 19.4. The predicted octanol–water partition coefficient (Wildman–Crippen LogP) is 3.89. The predicted molar refractivity (Wildman–Crippen MR) is 84.0 cm³/mol. The molecule has 3 rings (SSSR count). The fourth-order valence-corrected chi connectivity index (χ4v) is 3.06. The maximum Gasteiger partial charge on any atom is 0.391 e. The summed E-state index contributed by atoms with van der Waals surface area (Å²) in [6.07, 6.45) is -4.07. The molecule has 1 aromatic heterocycles. The van der Waals surface area contributed by atoms with Crippen molar-refractivity contribution in [2.24, 2.45) is 5.92 Å². The molecule has 0 N–H and O–H groups in total. The summed E-state index contributed by atoms with van der Waals surface area (Å²) in [5, 5.41) is 10.8. The van der Waals surface area contributed by atoms with Crippen molar-refractivity contribution in [3.63, 3.8) is 0 Å². The summed E-state index contributed by atoms with van der Waals surface area (Å²) in [6.45, 7) is 0.542. The number of hydrogen-bond acceptors (Lipinski definition) is 4. The highest BCUT2D eigenvalue weighted by molar-refractivity contribution is 5.94. The molecule has 2 aromatic rings. The maximum absolute atomic E-state index is 12.8. The Morgan fingerprint density at radius 2 is 1.96 bits per heavy atom. The maximum atomic E-state index is 12.8. The van der Waals surface area contributed by atoms with Crippen LogP contribution in [0.5, 0.6) is 5.75 Å². The second-order valence-electron chi connectivity index (χ2n) is 5.83. The molecule has 0 saturated carbocycles. The van der Waals surface area contributed by atoms with Crippen LogP contribution < -0.4 is 9.64 Å². The number of pyridine rings is 1. The lowest BCUT2D eigenvalue weighted by Crippen LogP contribution is -2.39. The quantitative estimate of drug-likeness (QED) is 0.835. The van der Waals surface area contributed by atoms with Crippen LogP contribution in [0.15, 0.2) is 24.3 Å². The van der Waals surface area contributed by atoms with E-state index >= 15 is 0 Å². The van der Waals surface area contributed by atoms with E-state index in [9.17, 15) is 18.4 Å². The van der Waals surface area contributed by atoms with E-state index in [1.165, 1.54) is 0 Å². The normalized spacial score (nSPS) is 16.2. The lowest BCUT2D eigenvalue weighted by atomic mass is 9.96. The van der Waals surface area contributed by atoms with Gasteiger partial charge in [-0.3, -0.25) is 0 Å². The van der Waals surface area contributed by atoms with Crippen LogP contribution in [0.4, 0.5) is 19.0 Å². The third kappa shape index (κ3) is 3.09. The summed E-state index contributed by atoms with van der Waals surface area (Å²) in [4.78, 5) is 6.16. The zero-order chi connectivity index (χ0) is 17.3. The second kappa shape index (κ2) is 6.19. The van der Waals surface area contributed by atoms with E-state index in [4.69, 9.17) is 4.74 Å². The van der Waals surface area contributed by atoms with Crippen LogP contribution in [0.2, 0.25) is 0 Å². The molecule has 1 saturated heterocycles. The first-order chi connectivity index (χ1) is 11.4. The van der Waals surface area contributed by atoms with E-state index in [2.05, 4.69) is 4.98 Å². The van der Waals surface area contributed by atoms with Gasteiger partial charge in [0.2, 0.25) is 0 Å². The molecule has 1 aliphatic rings.